The van der Waals surface area contributed by atoms with Crippen molar-refractivity contribution in [2.75, 3.05) is 26.4 Å². The lowest BCUT2D eigenvalue weighted by atomic mass is 10.1. The van der Waals surface area contributed by atoms with Gasteiger partial charge in [-0.1, -0.05) is 26.0 Å². The summed E-state index contributed by atoms with van der Waals surface area (Å²) in [6, 6.07) is 0. The zero-order valence-electron chi connectivity index (χ0n) is 15.2. The van der Waals surface area contributed by atoms with Crippen molar-refractivity contribution >= 4 is 11.7 Å². The molecule has 140 valence electrons. The molecule has 25 heavy (non-hydrogen) atoms. The number of carbonyl (C=O) groups excluding carboxylic acids is 2. The summed E-state index contributed by atoms with van der Waals surface area (Å²) < 4.78 is 12.4. The van der Waals surface area contributed by atoms with Crippen LogP contribution in [0.25, 0.3) is 0 Å². The molecule has 0 aliphatic heterocycles. The van der Waals surface area contributed by atoms with Crippen molar-refractivity contribution < 1.29 is 19.1 Å². The van der Waals surface area contributed by atoms with Crippen molar-refractivity contribution in [1.29, 1.82) is 0 Å². The van der Waals surface area contributed by atoms with Crippen LogP contribution in [0.15, 0.2) is 18.3 Å². The molecule has 0 bridgehead atoms. The van der Waals surface area contributed by atoms with Gasteiger partial charge in [-0.2, -0.15) is 0 Å². The van der Waals surface area contributed by atoms with Gasteiger partial charge >= 0.3 is 0 Å². The smallest absolute Gasteiger partial charge is 0.244 e. The molecule has 0 radical (unpaired) electrons. The van der Waals surface area contributed by atoms with E-state index in [2.05, 4.69) is 22.6 Å². The number of ketones is 1. The van der Waals surface area contributed by atoms with Crippen molar-refractivity contribution in [3.05, 3.63) is 24.0 Å². The Hall–Kier alpha value is -2.06. The maximum atomic E-state index is 11.6. The number of carbonyl (C=O) groups is 2. The molecule has 1 heterocycles. The van der Waals surface area contributed by atoms with Crippen molar-refractivity contribution in [3.8, 4) is 0 Å². The minimum atomic E-state index is -0.334. The number of allylic oxidation sites excluding steroid dienone is 1. The second-order valence-electron chi connectivity index (χ2n) is 5.81. The first-order valence-electron chi connectivity index (χ1n) is 8.57. The van der Waals surface area contributed by atoms with Crippen LogP contribution in [0.2, 0.25) is 0 Å². The van der Waals surface area contributed by atoms with E-state index >= 15 is 0 Å². The van der Waals surface area contributed by atoms with Gasteiger partial charge < -0.3 is 14.8 Å². The van der Waals surface area contributed by atoms with Crippen molar-refractivity contribution in [2.24, 2.45) is 5.92 Å². The molecule has 0 atom stereocenters. The van der Waals surface area contributed by atoms with E-state index in [1.54, 1.807) is 24.7 Å². The summed E-state index contributed by atoms with van der Waals surface area (Å²) >= 11 is 0. The lowest BCUT2D eigenvalue weighted by Crippen LogP contribution is -2.21. The Balaban J connectivity index is 2.20. The third-order valence-corrected chi connectivity index (χ3v) is 3.18. The van der Waals surface area contributed by atoms with Crippen molar-refractivity contribution in [2.45, 2.75) is 40.3 Å². The molecular weight excluding hydrogens is 324 g/mol. The Bertz CT molecular complexity index is 555. The minimum absolute atomic E-state index is 0.0822. The largest absolute Gasteiger partial charge is 0.379 e. The van der Waals surface area contributed by atoms with Crippen LogP contribution in [0, 0.1) is 5.92 Å². The number of ether oxygens (including phenoxy) is 2. The van der Waals surface area contributed by atoms with Gasteiger partial charge in [0, 0.05) is 18.6 Å². The fourth-order valence-electron chi connectivity index (χ4n) is 1.74. The first-order valence-corrected chi connectivity index (χ1v) is 8.57. The summed E-state index contributed by atoms with van der Waals surface area (Å²) in [5.41, 5.74) is 0.642. The molecule has 0 spiro atoms. The van der Waals surface area contributed by atoms with E-state index in [0.717, 1.165) is 13.0 Å². The molecule has 0 aliphatic carbocycles. The number of nitrogens with zero attached hydrogens (tertiary/aromatic N) is 3. The molecule has 0 unspecified atom stereocenters. The lowest BCUT2D eigenvalue weighted by Gasteiger charge is -2.04. The zero-order valence-corrected chi connectivity index (χ0v) is 15.2. The third-order valence-electron chi connectivity index (χ3n) is 3.18. The predicted molar refractivity (Wildman–Crippen MR) is 92.8 cm³/mol. The van der Waals surface area contributed by atoms with Crippen LogP contribution >= 0.6 is 0 Å². The minimum Gasteiger partial charge on any atom is -0.379 e. The average Bonchev–Trinajstić information content (AvgIpc) is 3.04. The quantitative estimate of drug-likeness (QED) is 0.422. The van der Waals surface area contributed by atoms with Gasteiger partial charge in [-0.05, 0) is 12.5 Å². The number of hydrogen-bond acceptors (Lipinski definition) is 6. The number of rotatable bonds is 13. The van der Waals surface area contributed by atoms with Gasteiger partial charge in [0.2, 0.25) is 5.91 Å². The predicted octanol–water partition coefficient (Wildman–Crippen LogP) is 1.12. The molecule has 8 nitrogen and oxygen atoms in total. The van der Waals surface area contributed by atoms with Crippen LogP contribution in [0.3, 0.4) is 0 Å². The molecule has 0 saturated carbocycles. The second kappa shape index (κ2) is 12.3. The van der Waals surface area contributed by atoms with Crippen LogP contribution in [0.5, 0.6) is 0 Å². The Morgan fingerprint density at radius 1 is 1.20 bits per heavy atom. The average molecular weight is 352 g/mol. The maximum absolute atomic E-state index is 11.6. The fourth-order valence-corrected chi connectivity index (χ4v) is 1.74. The maximum Gasteiger partial charge on any atom is 0.244 e. The van der Waals surface area contributed by atoms with Crippen molar-refractivity contribution in [3.63, 3.8) is 0 Å². The Kier molecular flexibility index (Phi) is 10.3. The van der Waals surface area contributed by atoms with E-state index in [4.69, 9.17) is 9.47 Å². The van der Waals surface area contributed by atoms with E-state index in [1.807, 2.05) is 0 Å². The first kappa shape index (κ1) is 21.0. The Labute approximate surface area is 148 Å². The van der Waals surface area contributed by atoms with Gasteiger partial charge in [0.15, 0.2) is 5.78 Å². The molecule has 1 aromatic rings. The lowest BCUT2D eigenvalue weighted by molar-refractivity contribution is -0.119. The molecular formula is C17H28N4O4. The highest BCUT2D eigenvalue weighted by Crippen LogP contribution is 1.96. The molecule has 1 amide bonds. The van der Waals surface area contributed by atoms with E-state index < -0.39 is 0 Å². The van der Waals surface area contributed by atoms with E-state index in [9.17, 15) is 9.59 Å². The highest BCUT2D eigenvalue weighted by Gasteiger charge is 2.05. The van der Waals surface area contributed by atoms with Crippen LogP contribution in [-0.2, 0) is 32.2 Å². The normalized spacial score (nSPS) is 11.4. The molecule has 0 aliphatic rings. The number of aromatic nitrogens is 3. The van der Waals surface area contributed by atoms with E-state index in [-0.39, 0.29) is 24.2 Å². The second-order valence-corrected chi connectivity index (χ2v) is 5.81. The van der Waals surface area contributed by atoms with Gasteiger partial charge in [-0.15, -0.1) is 5.10 Å². The summed E-state index contributed by atoms with van der Waals surface area (Å²) in [4.78, 5) is 23.0. The highest BCUT2D eigenvalue weighted by atomic mass is 16.5. The zero-order chi connectivity index (χ0) is 18.5. The molecule has 1 aromatic heterocycles. The van der Waals surface area contributed by atoms with E-state index in [1.165, 1.54) is 12.2 Å². The van der Waals surface area contributed by atoms with Crippen LogP contribution in [-0.4, -0.2) is 53.1 Å². The molecule has 0 aromatic carbocycles. The number of amides is 1. The first-order chi connectivity index (χ1) is 12.0. The highest BCUT2D eigenvalue weighted by molar-refractivity contribution is 5.98. The monoisotopic (exact) mass is 352 g/mol. The van der Waals surface area contributed by atoms with Gasteiger partial charge in [-0.25, -0.2) is 4.68 Å². The van der Waals surface area contributed by atoms with Gasteiger partial charge in [0.1, 0.15) is 5.69 Å². The van der Waals surface area contributed by atoms with Crippen LogP contribution in [0.4, 0.5) is 0 Å². The molecule has 1 rings (SSSR count). The molecule has 0 saturated heterocycles. The van der Waals surface area contributed by atoms with Crippen LogP contribution in [0.1, 0.15) is 32.9 Å². The van der Waals surface area contributed by atoms with Gasteiger partial charge in [0.25, 0.3) is 0 Å². The van der Waals surface area contributed by atoms with E-state index in [0.29, 0.717) is 32.1 Å². The standard InChI is InChI=1S/C17H28N4O4/c1-4-8-24-10-11-25-9-7-21-13-15(19-20-21)12-18-17(23)6-5-16(22)14(2)3/h5-6,13-14H,4,7-12H2,1-3H3,(H,18,23)/b6-5-. The molecule has 8 heteroatoms. The number of hydrogen-bond donors (Lipinski definition) is 1. The number of nitrogens with one attached hydrogen (secondary N) is 1. The summed E-state index contributed by atoms with van der Waals surface area (Å²) in [7, 11) is 0. The van der Waals surface area contributed by atoms with Crippen molar-refractivity contribution in [1.82, 2.24) is 20.3 Å². The molecule has 1 N–H and O–H groups in total. The summed E-state index contributed by atoms with van der Waals surface area (Å²) in [5, 5.41) is 10.6. The molecule has 0 fully saturated rings. The summed E-state index contributed by atoms with van der Waals surface area (Å²) in [6.45, 7) is 8.88. The summed E-state index contributed by atoms with van der Waals surface area (Å²) in [5.74, 6) is -0.537. The topological polar surface area (TPSA) is 95.3 Å². The van der Waals surface area contributed by atoms with Gasteiger partial charge in [-0.3, -0.25) is 9.59 Å². The Morgan fingerprint density at radius 2 is 1.92 bits per heavy atom. The Morgan fingerprint density at radius 3 is 2.60 bits per heavy atom. The SMILES string of the molecule is CCCOCCOCCn1cc(CNC(=O)/C=C\C(=O)C(C)C)nn1. The fraction of sp³-hybridized carbons (Fsp3) is 0.647. The van der Waals surface area contributed by atoms with Crippen LogP contribution < -0.4 is 5.32 Å². The van der Waals surface area contributed by atoms with Gasteiger partial charge in [0.05, 0.1) is 39.1 Å². The summed E-state index contributed by atoms with van der Waals surface area (Å²) in [6.07, 6.45) is 5.28. The third kappa shape index (κ3) is 9.73.